The Morgan fingerprint density at radius 3 is 2.94 bits per heavy atom. The van der Waals surface area contributed by atoms with E-state index in [1.165, 1.54) is 0 Å². The van der Waals surface area contributed by atoms with Crippen LogP contribution < -0.4 is 10.1 Å². The summed E-state index contributed by atoms with van der Waals surface area (Å²) < 4.78 is 5.35. The number of hydrogen-bond acceptors (Lipinski definition) is 3. The van der Waals surface area contributed by atoms with Gasteiger partial charge in [0.15, 0.2) is 6.61 Å². The number of carbonyl (C=O) groups excluding carboxylic acids is 1. The monoisotopic (exact) mass is 219 g/mol. The maximum absolute atomic E-state index is 11.1. The van der Waals surface area contributed by atoms with Crippen LogP contribution in [0.1, 0.15) is 18.4 Å². The van der Waals surface area contributed by atoms with Gasteiger partial charge in [-0.15, -0.1) is 0 Å². The van der Waals surface area contributed by atoms with Gasteiger partial charge in [0.25, 0.3) is 5.91 Å². The van der Waals surface area contributed by atoms with Gasteiger partial charge >= 0.3 is 0 Å². The zero-order valence-corrected chi connectivity index (χ0v) is 8.82. The third-order valence-electron chi connectivity index (χ3n) is 3.38. The molecule has 3 rings (SSSR count). The molecule has 1 amide bonds. The highest BCUT2D eigenvalue weighted by Gasteiger charge is 2.44. The first-order valence-corrected chi connectivity index (χ1v) is 5.42. The van der Waals surface area contributed by atoms with E-state index in [2.05, 4.69) is 5.32 Å². The van der Waals surface area contributed by atoms with Gasteiger partial charge in [-0.25, -0.2) is 0 Å². The summed E-state index contributed by atoms with van der Waals surface area (Å²) in [7, 11) is 0. The second-order valence-electron chi connectivity index (χ2n) is 4.49. The summed E-state index contributed by atoms with van der Waals surface area (Å²) in [5.74, 6) is 0.584. The lowest BCUT2D eigenvalue weighted by atomic mass is 9.96. The molecule has 1 aliphatic heterocycles. The summed E-state index contributed by atoms with van der Waals surface area (Å²) in [6.07, 6.45) is 2.04. The summed E-state index contributed by atoms with van der Waals surface area (Å²) in [6, 6.07) is 5.73. The summed E-state index contributed by atoms with van der Waals surface area (Å²) in [5, 5.41) is 12.1. The minimum absolute atomic E-state index is 0.0557. The molecule has 0 bridgehead atoms. The van der Waals surface area contributed by atoms with E-state index in [1.807, 2.05) is 18.2 Å². The Morgan fingerprint density at radius 1 is 1.44 bits per heavy atom. The number of amides is 1. The van der Waals surface area contributed by atoms with Crippen molar-refractivity contribution in [2.24, 2.45) is 0 Å². The van der Waals surface area contributed by atoms with Crippen LogP contribution in [-0.2, 0) is 10.2 Å². The summed E-state index contributed by atoms with van der Waals surface area (Å²) in [5.41, 5.74) is 1.76. The van der Waals surface area contributed by atoms with Crippen molar-refractivity contribution in [3.05, 3.63) is 23.8 Å². The first kappa shape index (κ1) is 9.66. The lowest BCUT2D eigenvalue weighted by Gasteiger charge is -2.20. The topological polar surface area (TPSA) is 58.6 Å². The lowest BCUT2D eigenvalue weighted by molar-refractivity contribution is -0.118. The van der Waals surface area contributed by atoms with Crippen LogP contribution in [0.3, 0.4) is 0 Å². The second kappa shape index (κ2) is 3.22. The van der Waals surface area contributed by atoms with E-state index in [4.69, 9.17) is 4.74 Å². The molecule has 1 heterocycles. The van der Waals surface area contributed by atoms with Gasteiger partial charge < -0.3 is 15.2 Å². The van der Waals surface area contributed by atoms with Crippen molar-refractivity contribution in [3.63, 3.8) is 0 Å². The maximum Gasteiger partial charge on any atom is 0.262 e. The molecule has 1 fully saturated rings. The zero-order chi connectivity index (χ0) is 11.2. The van der Waals surface area contributed by atoms with Crippen LogP contribution >= 0.6 is 0 Å². The minimum Gasteiger partial charge on any atom is -0.482 e. The number of fused-ring (bicyclic) bond motifs is 1. The number of hydrogen-bond donors (Lipinski definition) is 2. The molecular weight excluding hydrogens is 206 g/mol. The van der Waals surface area contributed by atoms with E-state index in [0.29, 0.717) is 11.4 Å². The predicted molar refractivity (Wildman–Crippen MR) is 58.6 cm³/mol. The van der Waals surface area contributed by atoms with Crippen LogP contribution in [0.4, 0.5) is 5.69 Å². The van der Waals surface area contributed by atoms with E-state index in [9.17, 15) is 9.90 Å². The van der Waals surface area contributed by atoms with Crippen molar-refractivity contribution < 1.29 is 14.6 Å². The van der Waals surface area contributed by atoms with Crippen LogP contribution in [0.5, 0.6) is 5.75 Å². The van der Waals surface area contributed by atoms with E-state index in [0.717, 1.165) is 18.4 Å². The van der Waals surface area contributed by atoms with Gasteiger partial charge in [0.2, 0.25) is 0 Å². The molecule has 4 heteroatoms. The predicted octanol–water partition coefficient (Wildman–Crippen LogP) is 1.04. The Bertz CT molecular complexity index is 452. The van der Waals surface area contributed by atoms with Crippen LogP contribution in [-0.4, -0.2) is 24.2 Å². The molecule has 0 radical (unpaired) electrons. The van der Waals surface area contributed by atoms with Gasteiger partial charge in [0.1, 0.15) is 5.75 Å². The molecule has 0 unspecified atom stereocenters. The molecule has 0 aromatic heterocycles. The van der Waals surface area contributed by atoms with Crippen molar-refractivity contribution in [2.75, 3.05) is 18.5 Å². The number of ether oxygens (including phenoxy) is 1. The fraction of sp³-hybridized carbons (Fsp3) is 0.417. The third kappa shape index (κ3) is 1.38. The third-order valence-corrected chi connectivity index (χ3v) is 3.38. The minimum atomic E-state index is -0.122. The first-order valence-electron chi connectivity index (χ1n) is 5.42. The van der Waals surface area contributed by atoms with Crippen molar-refractivity contribution in [1.29, 1.82) is 0 Å². The average Bonchev–Trinajstić information content (AvgIpc) is 3.09. The van der Waals surface area contributed by atoms with E-state index < -0.39 is 0 Å². The van der Waals surface area contributed by atoms with E-state index >= 15 is 0 Å². The van der Waals surface area contributed by atoms with Gasteiger partial charge in [-0.3, -0.25) is 4.79 Å². The number of rotatable bonds is 2. The van der Waals surface area contributed by atoms with Crippen LogP contribution in [0.15, 0.2) is 18.2 Å². The number of carbonyl (C=O) groups is 1. The van der Waals surface area contributed by atoms with Gasteiger partial charge in [0, 0.05) is 5.41 Å². The molecule has 1 saturated carbocycles. The quantitative estimate of drug-likeness (QED) is 0.781. The number of aliphatic hydroxyl groups excluding tert-OH is 1. The molecule has 16 heavy (non-hydrogen) atoms. The Morgan fingerprint density at radius 2 is 2.25 bits per heavy atom. The second-order valence-corrected chi connectivity index (χ2v) is 4.49. The highest BCUT2D eigenvalue weighted by Crippen LogP contribution is 2.49. The van der Waals surface area contributed by atoms with Gasteiger partial charge in [-0.2, -0.15) is 0 Å². The molecule has 1 aromatic carbocycles. The van der Waals surface area contributed by atoms with Crippen molar-refractivity contribution >= 4 is 11.6 Å². The Kier molecular flexibility index (Phi) is 1.94. The van der Waals surface area contributed by atoms with Crippen molar-refractivity contribution in [2.45, 2.75) is 18.3 Å². The summed E-state index contributed by atoms with van der Waals surface area (Å²) >= 11 is 0. The molecule has 0 saturated heterocycles. The first-order chi connectivity index (χ1) is 7.73. The molecule has 0 atom stereocenters. The molecule has 2 N–H and O–H groups in total. The van der Waals surface area contributed by atoms with Crippen LogP contribution in [0, 0.1) is 0 Å². The zero-order valence-electron chi connectivity index (χ0n) is 8.82. The van der Waals surface area contributed by atoms with Gasteiger partial charge in [-0.1, -0.05) is 6.07 Å². The van der Waals surface area contributed by atoms with Gasteiger partial charge in [0.05, 0.1) is 12.3 Å². The number of aliphatic hydroxyl groups is 1. The summed E-state index contributed by atoms with van der Waals surface area (Å²) in [4.78, 5) is 11.1. The Hall–Kier alpha value is -1.55. The normalized spacial score (nSPS) is 20.7. The summed E-state index contributed by atoms with van der Waals surface area (Å²) in [6.45, 7) is 0.251. The van der Waals surface area contributed by atoms with Crippen LogP contribution in [0.2, 0.25) is 0 Å². The smallest absolute Gasteiger partial charge is 0.262 e. The highest BCUT2D eigenvalue weighted by molar-refractivity contribution is 5.95. The highest BCUT2D eigenvalue weighted by atomic mass is 16.5. The molecule has 0 spiro atoms. The van der Waals surface area contributed by atoms with E-state index in [-0.39, 0.29) is 24.5 Å². The number of anilines is 1. The molecular formula is C12H13NO3. The van der Waals surface area contributed by atoms with Crippen molar-refractivity contribution in [3.8, 4) is 5.75 Å². The average molecular weight is 219 g/mol. The van der Waals surface area contributed by atoms with E-state index in [1.54, 1.807) is 0 Å². The van der Waals surface area contributed by atoms with Gasteiger partial charge in [-0.05, 0) is 30.5 Å². The largest absolute Gasteiger partial charge is 0.482 e. The molecule has 1 aliphatic carbocycles. The standard InChI is InChI=1S/C12H13NO3/c14-7-12(3-4-12)8-1-2-9-10(5-8)16-6-11(15)13-9/h1-2,5,14H,3-4,6-7H2,(H,13,15). The fourth-order valence-electron chi connectivity index (χ4n) is 2.09. The van der Waals surface area contributed by atoms with Crippen molar-refractivity contribution in [1.82, 2.24) is 0 Å². The maximum atomic E-state index is 11.1. The Balaban J connectivity index is 1.97. The molecule has 2 aliphatic rings. The SMILES string of the molecule is O=C1COc2cc(C3(CO)CC3)ccc2N1. The Labute approximate surface area is 93.2 Å². The molecule has 1 aromatic rings. The number of nitrogens with one attached hydrogen (secondary N) is 1. The molecule has 84 valence electrons. The fourth-order valence-corrected chi connectivity index (χ4v) is 2.09. The van der Waals surface area contributed by atoms with Crippen LogP contribution in [0.25, 0.3) is 0 Å². The molecule has 4 nitrogen and oxygen atoms in total. The lowest BCUT2D eigenvalue weighted by Crippen LogP contribution is -2.25. The number of benzene rings is 1.